The van der Waals surface area contributed by atoms with Crippen molar-refractivity contribution in [2.45, 2.75) is 6.54 Å². The van der Waals surface area contributed by atoms with Gasteiger partial charge in [-0.3, -0.25) is 9.78 Å². The normalized spacial score (nSPS) is 11.2. The number of pyridine rings is 1. The third kappa shape index (κ3) is 3.63. The van der Waals surface area contributed by atoms with Crippen LogP contribution in [-0.2, 0) is 6.54 Å². The molecular formula is C24H15Cl2N3O2. The first-order chi connectivity index (χ1) is 15.1. The Hall–Kier alpha value is -3.41. The van der Waals surface area contributed by atoms with Crippen molar-refractivity contribution < 1.29 is 9.21 Å². The zero-order valence-electron chi connectivity index (χ0n) is 16.1. The van der Waals surface area contributed by atoms with Gasteiger partial charge in [0.25, 0.3) is 11.7 Å². The zero-order valence-corrected chi connectivity index (χ0v) is 17.6. The smallest absolute Gasteiger partial charge is 0.269 e. The molecule has 0 saturated carbocycles. The number of rotatable bonds is 5. The number of ketones is 1. The molecule has 0 radical (unpaired) electrons. The van der Waals surface area contributed by atoms with Gasteiger partial charge in [-0.2, -0.15) is 0 Å². The number of oxazole rings is 1. The van der Waals surface area contributed by atoms with Crippen molar-refractivity contribution in [3.8, 4) is 11.5 Å². The predicted octanol–water partition coefficient (Wildman–Crippen LogP) is 6.28. The van der Waals surface area contributed by atoms with Crippen LogP contribution in [0.5, 0.6) is 0 Å². The quantitative estimate of drug-likeness (QED) is 0.297. The summed E-state index contributed by atoms with van der Waals surface area (Å²) in [6, 6.07) is 20.5. The van der Waals surface area contributed by atoms with Crippen LogP contribution < -0.4 is 0 Å². The first-order valence-corrected chi connectivity index (χ1v) is 10.3. The Kier molecular flexibility index (Phi) is 5.06. The summed E-state index contributed by atoms with van der Waals surface area (Å²) in [5, 5.41) is 1.73. The lowest BCUT2D eigenvalue weighted by Crippen LogP contribution is -2.04. The third-order valence-electron chi connectivity index (χ3n) is 5.01. The minimum Gasteiger partial charge on any atom is -0.432 e. The summed E-state index contributed by atoms with van der Waals surface area (Å²) in [6.45, 7) is 0.495. The summed E-state index contributed by atoms with van der Waals surface area (Å²) in [4.78, 5) is 21.8. The molecule has 5 rings (SSSR count). The molecule has 2 aromatic carbocycles. The van der Waals surface area contributed by atoms with Crippen molar-refractivity contribution in [1.29, 1.82) is 0 Å². The lowest BCUT2D eigenvalue weighted by atomic mass is 10.1. The minimum absolute atomic E-state index is 0.0306. The second-order valence-electron chi connectivity index (χ2n) is 6.97. The second kappa shape index (κ2) is 8.02. The molecule has 0 aliphatic carbocycles. The fourth-order valence-electron chi connectivity index (χ4n) is 3.53. The van der Waals surface area contributed by atoms with Gasteiger partial charge in [-0.15, -0.1) is 0 Å². The molecule has 31 heavy (non-hydrogen) atoms. The number of para-hydroxylation sites is 1. The number of carbonyl (C=O) groups excluding carboxylic acids is 1. The van der Waals surface area contributed by atoms with E-state index in [9.17, 15) is 4.79 Å². The standard InChI is InChI=1S/C24H15Cl2N3O2/c25-16-10-8-15(9-11-16)14-29-19-7-2-1-5-17(19)21(23(29)26)22(30)24-28-13-20(31-24)18-6-3-4-12-27-18/h1-13H,14H2. The fraction of sp³-hybridized carbons (Fsp3) is 0.0417. The van der Waals surface area contributed by atoms with Gasteiger partial charge in [0.1, 0.15) is 10.8 Å². The minimum atomic E-state index is -0.377. The average molecular weight is 448 g/mol. The molecule has 0 aliphatic heterocycles. The fourth-order valence-corrected chi connectivity index (χ4v) is 3.99. The predicted molar refractivity (Wildman–Crippen MR) is 121 cm³/mol. The van der Waals surface area contributed by atoms with E-state index in [1.54, 1.807) is 18.3 Å². The molecule has 0 atom stereocenters. The summed E-state index contributed by atoms with van der Waals surface area (Å²) in [6.07, 6.45) is 3.15. The Morgan fingerprint density at radius 1 is 0.935 bits per heavy atom. The molecule has 0 saturated heterocycles. The van der Waals surface area contributed by atoms with Crippen molar-refractivity contribution >= 4 is 39.9 Å². The van der Waals surface area contributed by atoms with Gasteiger partial charge in [-0.05, 0) is 35.9 Å². The van der Waals surface area contributed by atoms with Gasteiger partial charge in [-0.1, -0.05) is 59.6 Å². The van der Waals surface area contributed by atoms with E-state index in [-0.39, 0.29) is 11.7 Å². The topological polar surface area (TPSA) is 60.9 Å². The average Bonchev–Trinajstić information content (AvgIpc) is 3.40. The monoisotopic (exact) mass is 447 g/mol. The number of benzene rings is 2. The van der Waals surface area contributed by atoms with Crippen LogP contribution in [-0.4, -0.2) is 20.3 Å². The van der Waals surface area contributed by atoms with Crippen LogP contribution in [0.1, 0.15) is 21.8 Å². The maximum absolute atomic E-state index is 13.3. The number of nitrogens with zero attached hydrogens (tertiary/aromatic N) is 3. The molecular weight excluding hydrogens is 433 g/mol. The number of carbonyl (C=O) groups is 1. The highest BCUT2D eigenvalue weighted by Gasteiger charge is 2.26. The van der Waals surface area contributed by atoms with E-state index in [0.29, 0.717) is 33.7 Å². The highest BCUT2D eigenvalue weighted by atomic mass is 35.5. The number of aromatic nitrogens is 3. The van der Waals surface area contributed by atoms with Crippen LogP contribution >= 0.6 is 23.2 Å². The third-order valence-corrected chi connectivity index (χ3v) is 5.65. The Balaban J connectivity index is 1.57. The molecule has 152 valence electrons. The van der Waals surface area contributed by atoms with E-state index < -0.39 is 0 Å². The van der Waals surface area contributed by atoms with Gasteiger partial charge in [0.05, 0.1) is 17.3 Å². The lowest BCUT2D eigenvalue weighted by molar-refractivity contribution is 0.100. The molecule has 5 nitrogen and oxygen atoms in total. The maximum atomic E-state index is 13.3. The van der Waals surface area contributed by atoms with E-state index in [2.05, 4.69) is 9.97 Å². The van der Waals surface area contributed by atoms with Crippen molar-refractivity contribution in [3.05, 3.63) is 106 Å². The number of hydrogen-bond acceptors (Lipinski definition) is 4. The summed E-state index contributed by atoms with van der Waals surface area (Å²) in [5.41, 5.74) is 2.83. The molecule has 0 fully saturated rings. The second-order valence-corrected chi connectivity index (χ2v) is 7.76. The largest absolute Gasteiger partial charge is 0.432 e. The van der Waals surface area contributed by atoms with Crippen molar-refractivity contribution in [2.24, 2.45) is 0 Å². The molecule has 0 bridgehead atoms. The molecule has 0 N–H and O–H groups in total. The van der Waals surface area contributed by atoms with E-state index in [0.717, 1.165) is 16.5 Å². The van der Waals surface area contributed by atoms with Crippen LogP contribution in [0.4, 0.5) is 0 Å². The number of halogens is 2. The highest BCUT2D eigenvalue weighted by Crippen LogP contribution is 2.33. The SMILES string of the molecule is O=C(c1ncc(-c2ccccn2)o1)c1c(Cl)n(Cc2ccc(Cl)cc2)c2ccccc12. The van der Waals surface area contributed by atoms with Gasteiger partial charge in [0, 0.05) is 23.2 Å². The van der Waals surface area contributed by atoms with Crippen LogP contribution in [0.3, 0.4) is 0 Å². The van der Waals surface area contributed by atoms with E-state index >= 15 is 0 Å². The molecule has 3 aromatic heterocycles. The van der Waals surface area contributed by atoms with Gasteiger partial charge in [0.2, 0.25) is 0 Å². The van der Waals surface area contributed by atoms with Gasteiger partial charge >= 0.3 is 0 Å². The first kappa shape index (κ1) is 19.5. The highest BCUT2D eigenvalue weighted by molar-refractivity contribution is 6.36. The summed E-state index contributed by atoms with van der Waals surface area (Å²) in [5.74, 6) is 0.0140. The van der Waals surface area contributed by atoms with E-state index in [1.165, 1.54) is 6.20 Å². The Bertz CT molecular complexity index is 1390. The van der Waals surface area contributed by atoms with E-state index in [1.807, 2.05) is 59.2 Å². The summed E-state index contributed by atoms with van der Waals surface area (Å²) in [7, 11) is 0. The Morgan fingerprint density at radius 3 is 2.48 bits per heavy atom. The molecule has 0 spiro atoms. The summed E-state index contributed by atoms with van der Waals surface area (Å²) < 4.78 is 7.62. The van der Waals surface area contributed by atoms with Crippen LogP contribution in [0.15, 0.2) is 83.5 Å². The lowest BCUT2D eigenvalue weighted by Gasteiger charge is -2.07. The molecule has 7 heteroatoms. The maximum Gasteiger partial charge on any atom is 0.269 e. The van der Waals surface area contributed by atoms with Crippen molar-refractivity contribution in [2.75, 3.05) is 0 Å². The Labute approximate surface area is 187 Å². The number of hydrogen-bond donors (Lipinski definition) is 0. The van der Waals surface area contributed by atoms with Crippen LogP contribution in [0.25, 0.3) is 22.4 Å². The molecule has 0 amide bonds. The molecule has 3 heterocycles. The molecule has 5 aromatic rings. The van der Waals surface area contributed by atoms with E-state index in [4.69, 9.17) is 27.6 Å². The van der Waals surface area contributed by atoms with Gasteiger partial charge < -0.3 is 8.98 Å². The van der Waals surface area contributed by atoms with Gasteiger partial charge in [0.15, 0.2) is 5.76 Å². The summed E-state index contributed by atoms with van der Waals surface area (Å²) >= 11 is 12.7. The van der Waals surface area contributed by atoms with Gasteiger partial charge in [-0.25, -0.2) is 4.98 Å². The molecule has 0 unspecified atom stereocenters. The van der Waals surface area contributed by atoms with Crippen LogP contribution in [0, 0.1) is 0 Å². The van der Waals surface area contributed by atoms with Crippen molar-refractivity contribution in [1.82, 2.24) is 14.5 Å². The van der Waals surface area contributed by atoms with Crippen molar-refractivity contribution in [3.63, 3.8) is 0 Å². The Morgan fingerprint density at radius 2 is 1.71 bits per heavy atom. The van der Waals surface area contributed by atoms with Crippen LogP contribution in [0.2, 0.25) is 10.2 Å². The first-order valence-electron chi connectivity index (χ1n) is 9.55. The molecule has 0 aliphatic rings. The number of fused-ring (bicyclic) bond motifs is 1. The zero-order chi connectivity index (χ0) is 21.4.